The van der Waals surface area contributed by atoms with Crippen molar-refractivity contribution in [2.45, 2.75) is 61.8 Å². The Bertz CT molecular complexity index is 1310. The van der Waals surface area contributed by atoms with Crippen LogP contribution in [-0.2, 0) is 19.8 Å². The topological polar surface area (TPSA) is 108 Å². The smallest absolute Gasteiger partial charge is 0.326 e. The molecule has 3 fully saturated rings. The minimum absolute atomic E-state index is 0.00431. The van der Waals surface area contributed by atoms with Crippen LogP contribution < -0.4 is 4.87 Å². The summed E-state index contributed by atoms with van der Waals surface area (Å²) in [5, 5.41) is 10.5. The summed E-state index contributed by atoms with van der Waals surface area (Å²) in [7, 11) is 0. The van der Waals surface area contributed by atoms with E-state index in [1.807, 2.05) is 0 Å². The molecule has 4 aliphatic rings. The first-order chi connectivity index (χ1) is 16.5. The van der Waals surface area contributed by atoms with Crippen LogP contribution in [0.2, 0.25) is 0 Å². The second kappa shape index (κ2) is 7.56. The van der Waals surface area contributed by atoms with E-state index >= 15 is 0 Å². The minimum Gasteiger partial charge on any atom is -0.480 e. The first-order valence-corrected chi connectivity index (χ1v) is 13.8. The molecular weight excluding hydrogens is 484 g/mol. The van der Waals surface area contributed by atoms with Gasteiger partial charge in [-0.3, -0.25) is 19.3 Å². The highest BCUT2D eigenvalue weighted by molar-refractivity contribution is 8.00. The van der Waals surface area contributed by atoms with E-state index in [2.05, 4.69) is 50.0 Å². The van der Waals surface area contributed by atoms with Gasteiger partial charge in [-0.05, 0) is 47.6 Å². The van der Waals surface area contributed by atoms with Crippen molar-refractivity contribution in [3.63, 3.8) is 0 Å². The molecule has 6 rings (SSSR count). The second-order valence-corrected chi connectivity index (χ2v) is 13.6. The van der Waals surface area contributed by atoms with Crippen molar-refractivity contribution >= 4 is 40.9 Å². The maximum Gasteiger partial charge on any atom is 0.326 e. The zero-order valence-corrected chi connectivity index (χ0v) is 21.6. The van der Waals surface area contributed by atoms with Crippen molar-refractivity contribution in [1.29, 1.82) is 0 Å². The quantitative estimate of drug-likeness (QED) is 0.608. The average molecular weight is 513 g/mol. The molecule has 2 aliphatic heterocycles. The fourth-order valence-corrected chi connectivity index (χ4v) is 9.98. The van der Waals surface area contributed by atoms with Crippen molar-refractivity contribution in [3.05, 3.63) is 49.9 Å². The number of carbonyl (C=O) groups is 3. The number of aromatic nitrogens is 1. The maximum absolute atomic E-state index is 13.4. The number of hydrogen-bond acceptors (Lipinski definition) is 6. The summed E-state index contributed by atoms with van der Waals surface area (Å²) in [6.45, 7) is 7.93. The molecule has 2 bridgehead atoms. The highest BCUT2D eigenvalue weighted by Gasteiger charge is 2.70. The standard InChI is InChI=1S/C26H28N2O5S2/c1-10(24(31)32)28-22(29)17-13-9-14(18(17)23(28)30)19-16(13)15(20-21(34-19)27-25(33)35-20)11-5-7-12(8-6-11)26(2,3)4/h5-8,10,13-19H,9H2,1-4H3,(H,27,33)(H,31,32)/t10?,13?,14?,15-,16?,17?,18?,19?/m1/s1. The molecule has 2 amide bonds. The minimum atomic E-state index is -1.16. The monoisotopic (exact) mass is 512 g/mol. The van der Waals surface area contributed by atoms with Crippen molar-refractivity contribution < 1.29 is 19.5 Å². The number of aromatic amines is 1. The number of imide groups is 1. The molecule has 1 aromatic heterocycles. The van der Waals surface area contributed by atoms with E-state index in [1.54, 1.807) is 11.8 Å². The lowest BCUT2D eigenvalue weighted by Gasteiger charge is -2.43. The maximum atomic E-state index is 13.4. The molecular formula is C26H28N2O5S2. The van der Waals surface area contributed by atoms with Crippen molar-refractivity contribution in [2.75, 3.05) is 0 Å². The summed E-state index contributed by atoms with van der Waals surface area (Å²) < 4.78 is 0. The van der Waals surface area contributed by atoms with Crippen molar-refractivity contribution in [3.8, 4) is 0 Å². The molecule has 2 aromatic rings. The Labute approximate surface area is 211 Å². The van der Waals surface area contributed by atoms with Gasteiger partial charge in [-0.2, -0.15) is 0 Å². The molecule has 9 heteroatoms. The SMILES string of the molecule is CC(C(=O)O)N1C(=O)C2C3CC(C2C1=O)C1C3Sc2[nH]c(=O)sc2[C@@H]1c1ccc(C(C)(C)C)cc1. The lowest BCUT2D eigenvalue weighted by molar-refractivity contribution is -0.154. The van der Waals surface area contributed by atoms with Gasteiger partial charge in [0.2, 0.25) is 11.8 Å². The second-order valence-electron chi connectivity index (χ2n) is 11.4. The van der Waals surface area contributed by atoms with Gasteiger partial charge in [-0.15, -0.1) is 11.8 Å². The zero-order valence-electron chi connectivity index (χ0n) is 20.0. The number of carbonyl (C=O) groups excluding carboxylic acids is 2. The number of thioether (sulfide) groups is 1. The largest absolute Gasteiger partial charge is 0.480 e. The number of carboxylic acids is 1. The van der Waals surface area contributed by atoms with Crippen molar-refractivity contribution in [1.82, 2.24) is 9.88 Å². The Kier molecular flexibility index (Phi) is 4.97. The number of nitrogens with one attached hydrogen (secondary N) is 1. The highest BCUT2D eigenvalue weighted by Crippen LogP contribution is 2.68. The number of carboxylic acid groups (broad SMARTS) is 1. The molecule has 8 atom stereocenters. The van der Waals surface area contributed by atoms with E-state index in [1.165, 1.54) is 23.8 Å². The van der Waals surface area contributed by atoms with Gasteiger partial charge in [0.1, 0.15) is 6.04 Å². The average Bonchev–Trinajstić information content (AvgIpc) is 3.51. The fraction of sp³-hybridized carbons (Fsp3) is 0.538. The van der Waals surface area contributed by atoms with Crippen LogP contribution >= 0.6 is 23.1 Å². The van der Waals surface area contributed by atoms with Gasteiger partial charge < -0.3 is 10.1 Å². The Morgan fingerprint density at radius 2 is 1.71 bits per heavy atom. The lowest BCUT2D eigenvalue weighted by Crippen LogP contribution is -2.44. The van der Waals surface area contributed by atoms with E-state index in [0.717, 1.165) is 26.8 Å². The van der Waals surface area contributed by atoms with Crippen LogP contribution in [0, 0.1) is 29.6 Å². The molecule has 2 N–H and O–H groups in total. The van der Waals surface area contributed by atoms with Crippen molar-refractivity contribution in [2.24, 2.45) is 29.6 Å². The number of amides is 2. The third-order valence-corrected chi connectivity index (χ3v) is 11.2. The summed E-state index contributed by atoms with van der Waals surface area (Å²) in [4.78, 5) is 55.7. The third-order valence-electron chi connectivity index (χ3n) is 8.64. The zero-order chi connectivity index (χ0) is 25.0. The number of hydrogen-bond donors (Lipinski definition) is 2. The van der Waals surface area contributed by atoms with Gasteiger partial charge in [0, 0.05) is 16.0 Å². The fourth-order valence-electron chi connectivity index (χ4n) is 7.10. The van der Waals surface area contributed by atoms with Crippen LogP contribution in [0.3, 0.4) is 0 Å². The van der Waals surface area contributed by atoms with E-state index in [4.69, 9.17) is 0 Å². The van der Waals surface area contributed by atoms with Crippen LogP contribution in [0.15, 0.2) is 34.1 Å². The number of thiazole rings is 1. The van der Waals surface area contributed by atoms with Gasteiger partial charge in [0.15, 0.2) is 0 Å². The van der Waals surface area contributed by atoms with Crippen LogP contribution in [0.1, 0.15) is 56.0 Å². The van der Waals surface area contributed by atoms with Crippen LogP contribution in [-0.4, -0.2) is 44.1 Å². The highest BCUT2D eigenvalue weighted by atomic mass is 32.2. The Balaban J connectivity index is 1.43. The predicted molar refractivity (Wildman–Crippen MR) is 133 cm³/mol. The summed E-state index contributed by atoms with van der Waals surface area (Å²) in [6, 6.07) is 7.44. The summed E-state index contributed by atoms with van der Waals surface area (Å²) in [6.07, 6.45) is 0.792. The summed E-state index contributed by atoms with van der Waals surface area (Å²) in [5.74, 6) is -2.69. The third kappa shape index (κ3) is 3.16. The molecule has 2 aliphatic carbocycles. The first-order valence-electron chi connectivity index (χ1n) is 12.1. The molecule has 1 saturated heterocycles. The summed E-state index contributed by atoms with van der Waals surface area (Å²) >= 11 is 2.89. The Morgan fingerprint density at radius 3 is 2.31 bits per heavy atom. The molecule has 7 nitrogen and oxygen atoms in total. The van der Waals surface area contributed by atoms with Crippen LogP contribution in [0.4, 0.5) is 0 Å². The predicted octanol–water partition coefficient (Wildman–Crippen LogP) is 3.68. The Hall–Kier alpha value is -2.39. The first kappa shape index (κ1) is 23.0. The molecule has 0 spiro atoms. The molecule has 7 unspecified atom stereocenters. The lowest BCUT2D eigenvalue weighted by atomic mass is 9.68. The van der Waals surface area contributed by atoms with E-state index in [0.29, 0.717) is 0 Å². The number of fused-ring (bicyclic) bond motifs is 9. The molecule has 3 heterocycles. The number of aliphatic carboxylic acids is 1. The number of H-pyrrole nitrogens is 1. The number of likely N-dealkylation sites (tertiary alicyclic amines) is 1. The summed E-state index contributed by atoms with van der Waals surface area (Å²) in [5.41, 5.74) is 2.38. The van der Waals surface area contributed by atoms with E-state index in [9.17, 15) is 24.3 Å². The Morgan fingerprint density at radius 1 is 1.09 bits per heavy atom. The molecule has 184 valence electrons. The molecule has 0 radical (unpaired) electrons. The number of rotatable bonds is 3. The van der Waals surface area contributed by atoms with E-state index < -0.39 is 23.8 Å². The normalized spacial score (nSPS) is 34.1. The van der Waals surface area contributed by atoms with E-state index in [-0.39, 0.29) is 51.0 Å². The van der Waals surface area contributed by atoms with Gasteiger partial charge in [-0.1, -0.05) is 56.4 Å². The van der Waals surface area contributed by atoms with Gasteiger partial charge in [-0.25, -0.2) is 4.79 Å². The number of benzene rings is 1. The molecule has 35 heavy (non-hydrogen) atoms. The van der Waals surface area contributed by atoms with Crippen LogP contribution in [0.25, 0.3) is 0 Å². The van der Waals surface area contributed by atoms with Gasteiger partial charge in [0.05, 0.1) is 16.9 Å². The van der Waals surface area contributed by atoms with Gasteiger partial charge >= 0.3 is 10.8 Å². The molecule has 2 saturated carbocycles. The van der Waals surface area contributed by atoms with Gasteiger partial charge in [0.25, 0.3) is 0 Å². The molecule has 1 aromatic carbocycles. The number of nitrogens with zero attached hydrogens (tertiary/aromatic N) is 1. The van der Waals surface area contributed by atoms with Crippen LogP contribution in [0.5, 0.6) is 0 Å².